The molecule has 1 aromatic heterocycles. The molecule has 1 heterocycles. The highest BCUT2D eigenvalue weighted by molar-refractivity contribution is 7.19. The second-order valence-corrected chi connectivity index (χ2v) is 6.10. The molecule has 2 rings (SSSR count). The van der Waals surface area contributed by atoms with E-state index in [1.165, 1.54) is 11.3 Å². The number of carbonyl (C=O) groups excluding carboxylic acids is 1. The number of hydrogen-bond donors (Lipinski definition) is 0. The second kappa shape index (κ2) is 6.54. The van der Waals surface area contributed by atoms with Crippen molar-refractivity contribution >= 4 is 47.9 Å². The van der Waals surface area contributed by atoms with Crippen LogP contribution in [0.5, 0.6) is 0 Å². The van der Waals surface area contributed by atoms with Gasteiger partial charge in [0.25, 0.3) is 0 Å². The average Bonchev–Trinajstić information content (AvgIpc) is 2.77. The first-order valence-electron chi connectivity index (χ1n) is 6.48. The van der Waals surface area contributed by atoms with Gasteiger partial charge in [-0.2, -0.15) is 0 Å². The van der Waals surface area contributed by atoms with Crippen LogP contribution in [0, 0.1) is 0 Å². The summed E-state index contributed by atoms with van der Waals surface area (Å²) in [6.07, 6.45) is 0. The number of carbonyl (C=O) groups is 1. The van der Waals surface area contributed by atoms with Gasteiger partial charge in [0.2, 0.25) is 0 Å². The van der Waals surface area contributed by atoms with Crippen LogP contribution in [0.15, 0.2) is 24.3 Å². The summed E-state index contributed by atoms with van der Waals surface area (Å²) in [6.45, 7) is 2.10. The minimum absolute atomic E-state index is 0.323. The third-order valence-electron chi connectivity index (χ3n) is 2.93. The largest absolute Gasteiger partial charge is 0.462 e. The maximum absolute atomic E-state index is 12.0. The van der Waals surface area contributed by atoms with Crippen LogP contribution in [0.4, 0.5) is 5.69 Å². The van der Waals surface area contributed by atoms with Crippen LogP contribution in [-0.2, 0) is 4.74 Å². The Bertz CT molecular complexity index is 652. The van der Waals surface area contributed by atoms with Gasteiger partial charge in [-0.05, 0) is 30.1 Å². The first kappa shape index (κ1) is 15.9. The van der Waals surface area contributed by atoms with Gasteiger partial charge < -0.3 is 9.64 Å². The molecule has 0 aliphatic rings. The van der Waals surface area contributed by atoms with E-state index in [9.17, 15) is 4.79 Å². The molecule has 0 bridgehead atoms. The van der Waals surface area contributed by atoms with E-state index in [1.54, 1.807) is 6.92 Å². The molecule has 0 N–H and O–H groups in total. The highest BCUT2D eigenvalue weighted by Crippen LogP contribution is 2.36. The monoisotopic (exact) mass is 319 g/mol. The minimum atomic E-state index is -0.386. The molecule has 108 valence electrons. The molecule has 0 unspecified atom stereocenters. The number of nitrogens with zero attached hydrogens (tertiary/aromatic N) is 1. The smallest absolute Gasteiger partial charge is 0.347 e. The lowest BCUT2D eigenvalue weighted by Gasteiger charge is -2.15. The SMILES string of the molecule is [B]c1c(C(=O)OCC)sc(-c2ccc(Cl)cc2)c1N(C)C. The lowest BCUT2D eigenvalue weighted by molar-refractivity contribution is 0.0533. The predicted molar refractivity (Wildman–Crippen MR) is 90.4 cm³/mol. The molecule has 0 aliphatic heterocycles. The lowest BCUT2D eigenvalue weighted by Crippen LogP contribution is -2.22. The van der Waals surface area contributed by atoms with E-state index in [0.717, 1.165) is 16.1 Å². The van der Waals surface area contributed by atoms with Gasteiger partial charge >= 0.3 is 5.97 Å². The Kier molecular flexibility index (Phi) is 4.96. The number of thiophene rings is 1. The van der Waals surface area contributed by atoms with Gasteiger partial charge in [0.15, 0.2) is 0 Å². The van der Waals surface area contributed by atoms with Gasteiger partial charge in [-0.25, -0.2) is 4.79 Å². The van der Waals surface area contributed by atoms with Crippen LogP contribution < -0.4 is 10.4 Å². The maximum atomic E-state index is 12.0. The summed E-state index contributed by atoms with van der Waals surface area (Å²) < 4.78 is 5.06. The standard InChI is InChI=1S/C15H15BClNO2S/c1-4-20-15(19)14-11(16)12(18(2)3)13(21-14)9-5-7-10(17)8-6-9/h5-8H,4H2,1-3H3. The van der Waals surface area contributed by atoms with Gasteiger partial charge in [-0.15, -0.1) is 11.3 Å². The number of benzene rings is 1. The number of ether oxygens (including phenoxy) is 1. The van der Waals surface area contributed by atoms with E-state index in [0.29, 0.717) is 22.0 Å². The van der Waals surface area contributed by atoms with Crippen molar-refractivity contribution in [2.45, 2.75) is 6.92 Å². The highest BCUT2D eigenvalue weighted by atomic mass is 35.5. The highest BCUT2D eigenvalue weighted by Gasteiger charge is 2.22. The lowest BCUT2D eigenvalue weighted by atomic mass is 9.92. The Morgan fingerprint density at radius 3 is 2.48 bits per heavy atom. The summed E-state index contributed by atoms with van der Waals surface area (Å²) in [5.41, 5.74) is 2.24. The first-order chi connectivity index (χ1) is 9.95. The normalized spacial score (nSPS) is 10.5. The zero-order valence-electron chi connectivity index (χ0n) is 12.1. The van der Waals surface area contributed by atoms with Crippen LogP contribution >= 0.6 is 22.9 Å². The molecule has 0 saturated carbocycles. The van der Waals surface area contributed by atoms with Crippen molar-refractivity contribution in [2.75, 3.05) is 25.6 Å². The fraction of sp³-hybridized carbons (Fsp3) is 0.267. The first-order valence-corrected chi connectivity index (χ1v) is 7.67. The summed E-state index contributed by atoms with van der Waals surface area (Å²) in [4.78, 5) is 15.3. The van der Waals surface area contributed by atoms with Gasteiger partial charge in [0, 0.05) is 24.8 Å². The zero-order valence-corrected chi connectivity index (χ0v) is 13.7. The van der Waals surface area contributed by atoms with E-state index >= 15 is 0 Å². The van der Waals surface area contributed by atoms with Crippen molar-refractivity contribution in [3.8, 4) is 10.4 Å². The van der Waals surface area contributed by atoms with Crippen molar-refractivity contribution in [1.82, 2.24) is 0 Å². The molecule has 0 saturated heterocycles. The van der Waals surface area contributed by atoms with Crippen LogP contribution in [0.25, 0.3) is 10.4 Å². The number of rotatable bonds is 4. The van der Waals surface area contributed by atoms with Gasteiger partial charge in [0.1, 0.15) is 12.7 Å². The Morgan fingerprint density at radius 1 is 1.33 bits per heavy atom. The average molecular weight is 320 g/mol. The quantitative estimate of drug-likeness (QED) is 0.640. The zero-order chi connectivity index (χ0) is 15.6. The Labute approximate surface area is 134 Å². The fourth-order valence-electron chi connectivity index (χ4n) is 2.02. The molecule has 3 nitrogen and oxygen atoms in total. The Morgan fingerprint density at radius 2 is 1.95 bits per heavy atom. The third kappa shape index (κ3) is 3.25. The van der Waals surface area contributed by atoms with Crippen molar-refractivity contribution in [3.63, 3.8) is 0 Å². The van der Waals surface area contributed by atoms with Crippen LogP contribution in [0.2, 0.25) is 5.02 Å². The predicted octanol–water partition coefficient (Wildman–Crippen LogP) is 3.11. The van der Waals surface area contributed by atoms with E-state index in [2.05, 4.69) is 0 Å². The summed E-state index contributed by atoms with van der Waals surface area (Å²) in [5.74, 6) is -0.386. The van der Waals surface area contributed by atoms with Crippen LogP contribution in [0.1, 0.15) is 16.6 Å². The number of hydrogen-bond acceptors (Lipinski definition) is 4. The fourth-order valence-corrected chi connectivity index (χ4v) is 3.35. The van der Waals surface area contributed by atoms with E-state index in [4.69, 9.17) is 24.2 Å². The van der Waals surface area contributed by atoms with Crippen molar-refractivity contribution in [1.29, 1.82) is 0 Å². The topological polar surface area (TPSA) is 29.5 Å². The van der Waals surface area contributed by atoms with Gasteiger partial charge in [-0.1, -0.05) is 23.7 Å². The molecule has 0 amide bonds. The molecule has 21 heavy (non-hydrogen) atoms. The molecule has 0 aliphatic carbocycles. The molecular formula is C15H15BClNO2S. The molecule has 0 fully saturated rings. The third-order valence-corrected chi connectivity index (χ3v) is 4.41. The Hall–Kier alpha value is -1.46. The van der Waals surface area contributed by atoms with Crippen molar-refractivity contribution in [3.05, 3.63) is 34.2 Å². The van der Waals surface area contributed by atoms with Crippen LogP contribution in [0.3, 0.4) is 0 Å². The maximum Gasteiger partial charge on any atom is 0.347 e. The Balaban J connectivity index is 2.57. The molecule has 2 radical (unpaired) electrons. The van der Waals surface area contributed by atoms with Crippen LogP contribution in [-0.4, -0.2) is 34.5 Å². The summed E-state index contributed by atoms with van der Waals surface area (Å²) >= 11 is 7.26. The number of halogens is 1. The second-order valence-electron chi connectivity index (χ2n) is 4.64. The minimum Gasteiger partial charge on any atom is -0.462 e. The molecule has 1 aromatic carbocycles. The van der Waals surface area contributed by atoms with E-state index < -0.39 is 0 Å². The van der Waals surface area contributed by atoms with Gasteiger partial charge in [-0.3, -0.25) is 0 Å². The van der Waals surface area contributed by atoms with Gasteiger partial charge in [0.05, 0.1) is 11.5 Å². The van der Waals surface area contributed by atoms with E-state index in [1.807, 2.05) is 43.3 Å². The molecule has 2 aromatic rings. The molecule has 6 heteroatoms. The van der Waals surface area contributed by atoms with Crippen molar-refractivity contribution in [2.24, 2.45) is 0 Å². The summed E-state index contributed by atoms with van der Waals surface area (Å²) in [7, 11) is 9.94. The number of esters is 1. The molecule has 0 spiro atoms. The van der Waals surface area contributed by atoms with E-state index in [-0.39, 0.29) is 5.97 Å². The van der Waals surface area contributed by atoms with Crippen molar-refractivity contribution < 1.29 is 9.53 Å². The summed E-state index contributed by atoms with van der Waals surface area (Å²) in [5, 5.41) is 0.667. The number of anilines is 1. The molecular weight excluding hydrogens is 305 g/mol. The molecule has 0 atom stereocenters. The summed E-state index contributed by atoms with van der Waals surface area (Å²) in [6, 6.07) is 7.46.